The highest BCUT2D eigenvalue weighted by Crippen LogP contribution is 2.30. The molecule has 2 unspecified atom stereocenters. The van der Waals surface area contributed by atoms with Crippen LogP contribution in [0.2, 0.25) is 11.6 Å². The van der Waals surface area contributed by atoms with Gasteiger partial charge in [0.05, 0.1) is 14.9 Å². The maximum Gasteiger partial charge on any atom is 0.190 e. The first-order chi connectivity index (χ1) is 6.36. The lowest BCUT2D eigenvalue weighted by Gasteiger charge is -2.12. The van der Waals surface area contributed by atoms with Crippen LogP contribution in [-0.4, -0.2) is 21.5 Å². The van der Waals surface area contributed by atoms with E-state index in [1.54, 1.807) is 0 Å². The van der Waals surface area contributed by atoms with E-state index >= 15 is 0 Å². The van der Waals surface area contributed by atoms with Crippen LogP contribution in [-0.2, 0) is 0 Å². The minimum atomic E-state index is 0.916. The second kappa shape index (κ2) is 6.92. The van der Waals surface area contributed by atoms with Crippen molar-refractivity contribution in [2.75, 3.05) is 0 Å². The van der Waals surface area contributed by atoms with Crippen molar-refractivity contribution < 1.29 is 0 Å². The molecule has 1 aliphatic rings. The molecule has 0 nitrogen and oxygen atoms in total. The van der Waals surface area contributed by atoms with Gasteiger partial charge in [0.25, 0.3) is 0 Å². The van der Waals surface area contributed by atoms with Crippen LogP contribution in [0, 0.1) is 0 Å². The Morgan fingerprint density at radius 3 is 2.08 bits per heavy atom. The molecule has 1 fully saturated rings. The van der Waals surface area contributed by atoms with Gasteiger partial charge in [0.15, 0.2) is 6.56 Å². The normalized spacial score (nSPS) is 31.2. The summed E-state index contributed by atoms with van der Waals surface area (Å²) in [4.78, 5) is 0. The second-order valence-electron chi connectivity index (χ2n) is 4.54. The zero-order valence-corrected chi connectivity index (χ0v) is 9.86. The van der Waals surface area contributed by atoms with Gasteiger partial charge in [-0.05, 0) is 0 Å². The maximum atomic E-state index is 4.43. The van der Waals surface area contributed by atoms with Gasteiger partial charge >= 0.3 is 0 Å². The molecule has 0 amide bonds. The van der Waals surface area contributed by atoms with Gasteiger partial charge in [0, 0.05) is 0 Å². The van der Waals surface area contributed by atoms with E-state index in [9.17, 15) is 0 Å². The maximum absolute atomic E-state index is 4.43. The molecule has 4 heteroatoms. The molecule has 1 rings (SSSR count). The molecule has 72 valence electrons. The fourth-order valence-corrected chi connectivity index (χ4v) is 2.81. The van der Waals surface area contributed by atoms with Gasteiger partial charge in [0.2, 0.25) is 0 Å². The van der Waals surface area contributed by atoms with Crippen molar-refractivity contribution in [2.24, 2.45) is 0 Å². The van der Waals surface area contributed by atoms with Crippen molar-refractivity contribution in [2.45, 2.75) is 56.6 Å². The van der Waals surface area contributed by atoms with Crippen LogP contribution in [0.1, 0.15) is 44.9 Å². The molecular weight excluding hydrogens is 173 g/mol. The Hall–Kier alpha value is 0.545. The summed E-state index contributed by atoms with van der Waals surface area (Å²) in [5.41, 5.74) is 0. The fraction of sp³-hybridized carbons (Fsp3) is 1.00. The summed E-state index contributed by atoms with van der Waals surface area (Å²) in [5.74, 6) is 1.94. The third-order valence-electron chi connectivity index (χ3n) is 3.54. The van der Waals surface area contributed by atoms with Crippen molar-refractivity contribution in [3.05, 3.63) is 0 Å². The third kappa shape index (κ3) is 4.53. The van der Waals surface area contributed by atoms with E-state index in [1.165, 1.54) is 52.1 Å². The molecule has 0 radical (unpaired) electrons. The molecule has 0 saturated heterocycles. The van der Waals surface area contributed by atoms with Crippen LogP contribution < -0.4 is 0 Å². The van der Waals surface area contributed by atoms with E-state index in [0.29, 0.717) is 0 Å². The standard InChI is InChI=1S/C9H21B3S/c10-11-8-4-1-2-5-9(12-13)7-3-6-8/h8-9,11-13H,1-7,10H2. The number of thiol groups is 1. The Kier molecular flexibility index (Phi) is 6.18. The van der Waals surface area contributed by atoms with Crippen LogP contribution in [0.5, 0.6) is 0 Å². The molecule has 1 saturated carbocycles. The number of hydrogen-bond acceptors (Lipinski definition) is 1. The van der Waals surface area contributed by atoms with Gasteiger partial charge < -0.3 is 0 Å². The van der Waals surface area contributed by atoms with Gasteiger partial charge in [-0.25, -0.2) is 12.5 Å². The summed E-state index contributed by atoms with van der Waals surface area (Å²) in [6.07, 6.45) is 10.2. The fourth-order valence-electron chi connectivity index (χ4n) is 2.44. The van der Waals surface area contributed by atoms with E-state index in [1.807, 2.05) is 0 Å². The molecule has 0 heterocycles. The Balaban J connectivity index is 2.29. The van der Waals surface area contributed by atoms with Crippen molar-refractivity contribution in [1.82, 2.24) is 0 Å². The zero-order valence-electron chi connectivity index (χ0n) is 8.97. The van der Waals surface area contributed by atoms with E-state index in [4.69, 9.17) is 0 Å². The highest BCUT2D eigenvalue weighted by Gasteiger charge is 2.14. The highest BCUT2D eigenvalue weighted by atomic mass is 32.1. The van der Waals surface area contributed by atoms with E-state index < -0.39 is 0 Å². The minimum Gasteiger partial charge on any atom is -0.231 e. The Morgan fingerprint density at radius 1 is 0.923 bits per heavy atom. The van der Waals surface area contributed by atoms with Crippen molar-refractivity contribution >= 4 is 33.9 Å². The minimum absolute atomic E-state index is 0.916. The Morgan fingerprint density at radius 2 is 1.46 bits per heavy atom. The van der Waals surface area contributed by atoms with Gasteiger partial charge in [-0.3, -0.25) is 0 Å². The van der Waals surface area contributed by atoms with Gasteiger partial charge in [0.1, 0.15) is 0 Å². The Labute approximate surface area is 90.8 Å². The van der Waals surface area contributed by atoms with E-state index in [-0.39, 0.29) is 0 Å². The molecule has 1 aliphatic carbocycles. The molecule has 13 heavy (non-hydrogen) atoms. The lowest BCUT2D eigenvalue weighted by molar-refractivity contribution is 0.622. The first-order valence-corrected chi connectivity index (χ1v) is 6.61. The predicted octanol–water partition coefficient (Wildman–Crippen LogP) is 1.57. The summed E-state index contributed by atoms with van der Waals surface area (Å²) in [5, 5.41) is 0. The third-order valence-corrected chi connectivity index (χ3v) is 4.05. The average Bonchev–Trinajstić information content (AvgIpc) is 2.28. The summed E-state index contributed by atoms with van der Waals surface area (Å²) < 4.78 is 0. The summed E-state index contributed by atoms with van der Waals surface area (Å²) in [6, 6.07) is 0. The molecule has 0 aromatic heterocycles. The number of hydrogen-bond donors (Lipinski definition) is 1. The van der Waals surface area contributed by atoms with E-state index in [2.05, 4.69) is 20.2 Å². The molecule has 0 bridgehead atoms. The SMILES string of the molecule is BBC1CCCCC(BS)CCC1. The summed E-state index contributed by atoms with van der Waals surface area (Å²) >= 11 is 4.43. The van der Waals surface area contributed by atoms with E-state index in [0.717, 1.165) is 18.2 Å². The molecule has 2 atom stereocenters. The zero-order chi connectivity index (χ0) is 9.52. The van der Waals surface area contributed by atoms with Crippen LogP contribution >= 0.6 is 12.5 Å². The van der Waals surface area contributed by atoms with Crippen molar-refractivity contribution in [3.63, 3.8) is 0 Å². The number of rotatable bonds is 2. The van der Waals surface area contributed by atoms with Crippen LogP contribution in [0.15, 0.2) is 0 Å². The van der Waals surface area contributed by atoms with Gasteiger partial charge in [-0.15, -0.1) is 0 Å². The molecule has 0 aliphatic heterocycles. The van der Waals surface area contributed by atoms with Gasteiger partial charge in [-0.1, -0.05) is 56.6 Å². The van der Waals surface area contributed by atoms with Crippen LogP contribution in [0.25, 0.3) is 0 Å². The molecule has 0 N–H and O–H groups in total. The monoisotopic (exact) mass is 194 g/mol. The smallest absolute Gasteiger partial charge is 0.190 e. The largest absolute Gasteiger partial charge is 0.231 e. The average molecular weight is 194 g/mol. The molecule has 0 aromatic carbocycles. The van der Waals surface area contributed by atoms with Crippen LogP contribution in [0.3, 0.4) is 0 Å². The second-order valence-corrected chi connectivity index (χ2v) is 4.90. The first-order valence-electron chi connectivity index (χ1n) is 5.97. The quantitative estimate of drug-likeness (QED) is 0.500. The summed E-state index contributed by atoms with van der Waals surface area (Å²) in [6.45, 7) is 1.11. The van der Waals surface area contributed by atoms with Crippen molar-refractivity contribution in [1.29, 1.82) is 0 Å². The van der Waals surface area contributed by atoms with Crippen molar-refractivity contribution in [3.8, 4) is 0 Å². The first kappa shape index (κ1) is 11.6. The lowest BCUT2D eigenvalue weighted by atomic mass is 9.45. The summed E-state index contributed by atoms with van der Waals surface area (Å²) in [7, 11) is 3.74. The predicted molar refractivity (Wildman–Crippen MR) is 71.6 cm³/mol. The molecule has 0 spiro atoms. The highest BCUT2D eigenvalue weighted by molar-refractivity contribution is 8.07. The lowest BCUT2D eigenvalue weighted by Crippen LogP contribution is -2.03. The molecular formula is C9H21B3S. The van der Waals surface area contributed by atoms with Gasteiger partial charge in [-0.2, -0.15) is 0 Å². The topological polar surface area (TPSA) is 0 Å². The van der Waals surface area contributed by atoms with Crippen LogP contribution in [0.4, 0.5) is 0 Å². The molecule has 0 aromatic rings. The Bertz CT molecular complexity index is 118.